The van der Waals surface area contributed by atoms with Gasteiger partial charge in [-0.25, -0.2) is 4.98 Å². The maximum Gasteiger partial charge on any atom is 0.228 e. The molecule has 2 heterocycles. The van der Waals surface area contributed by atoms with Crippen molar-refractivity contribution in [3.8, 4) is 0 Å². The van der Waals surface area contributed by atoms with Crippen molar-refractivity contribution in [1.29, 1.82) is 0 Å². The Morgan fingerprint density at radius 1 is 1.45 bits per heavy atom. The van der Waals surface area contributed by atoms with Crippen LogP contribution in [0.3, 0.4) is 0 Å². The van der Waals surface area contributed by atoms with Gasteiger partial charge in [-0.3, -0.25) is 4.79 Å². The van der Waals surface area contributed by atoms with Gasteiger partial charge in [0, 0.05) is 38.6 Å². The molecule has 0 spiro atoms. The predicted octanol–water partition coefficient (Wildman–Crippen LogP) is 0.886. The van der Waals surface area contributed by atoms with Crippen LogP contribution in [-0.4, -0.2) is 28.5 Å². The molecule has 1 atom stereocenters. The lowest BCUT2D eigenvalue weighted by Crippen LogP contribution is -2.39. The topological polar surface area (TPSA) is 59.0 Å². The number of hydrogen-bond acceptors (Lipinski definition) is 3. The highest BCUT2D eigenvalue weighted by Crippen LogP contribution is 2.23. The number of amides is 1. The summed E-state index contributed by atoms with van der Waals surface area (Å²) in [6.07, 6.45) is 5.39. The number of benzene rings is 1. The molecule has 1 aromatic carbocycles. The minimum Gasteiger partial charge on any atom is -0.354 e. The predicted molar refractivity (Wildman–Crippen MR) is 76.1 cm³/mol. The third kappa shape index (κ3) is 2.72. The van der Waals surface area contributed by atoms with Gasteiger partial charge in [0.15, 0.2) is 0 Å². The van der Waals surface area contributed by atoms with Crippen LogP contribution in [-0.2, 0) is 17.9 Å². The van der Waals surface area contributed by atoms with Crippen molar-refractivity contribution in [2.24, 2.45) is 0 Å². The van der Waals surface area contributed by atoms with Gasteiger partial charge in [-0.2, -0.15) is 0 Å². The number of hydrogen-bond donors (Lipinski definition) is 2. The van der Waals surface area contributed by atoms with E-state index >= 15 is 0 Å². The van der Waals surface area contributed by atoms with Gasteiger partial charge >= 0.3 is 0 Å². The second kappa shape index (κ2) is 5.88. The van der Waals surface area contributed by atoms with E-state index in [9.17, 15) is 4.79 Å². The van der Waals surface area contributed by atoms with Crippen LogP contribution in [0.25, 0.3) is 0 Å². The summed E-state index contributed by atoms with van der Waals surface area (Å²) >= 11 is 0. The minimum atomic E-state index is -0.0947. The smallest absolute Gasteiger partial charge is 0.228 e. The van der Waals surface area contributed by atoms with Crippen molar-refractivity contribution >= 4 is 5.91 Å². The van der Waals surface area contributed by atoms with Crippen molar-refractivity contribution < 1.29 is 4.79 Å². The van der Waals surface area contributed by atoms with E-state index in [1.54, 1.807) is 12.5 Å². The Morgan fingerprint density at radius 3 is 3.20 bits per heavy atom. The lowest BCUT2D eigenvalue weighted by molar-refractivity contribution is -0.122. The molecule has 0 bridgehead atoms. The van der Waals surface area contributed by atoms with Crippen LogP contribution in [0.4, 0.5) is 0 Å². The molecule has 5 heteroatoms. The molecule has 1 aliphatic rings. The van der Waals surface area contributed by atoms with E-state index in [1.807, 2.05) is 22.9 Å². The third-order valence-electron chi connectivity index (χ3n) is 3.64. The summed E-state index contributed by atoms with van der Waals surface area (Å²) in [6, 6.07) is 8.14. The molecule has 2 N–H and O–H groups in total. The van der Waals surface area contributed by atoms with Gasteiger partial charge in [0.2, 0.25) is 5.91 Å². The molecule has 0 radical (unpaired) electrons. The van der Waals surface area contributed by atoms with Crippen molar-refractivity contribution in [1.82, 2.24) is 20.2 Å². The number of aromatic nitrogens is 2. The molecule has 0 saturated heterocycles. The number of nitrogens with zero attached hydrogens (tertiary/aromatic N) is 2. The van der Waals surface area contributed by atoms with Crippen molar-refractivity contribution in [2.75, 3.05) is 13.1 Å². The Hall–Kier alpha value is -2.14. The normalized spacial score (nSPS) is 17.5. The average Bonchev–Trinajstić information content (AvgIpc) is 3.00. The number of imidazole rings is 1. The minimum absolute atomic E-state index is 0.0877. The van der Waals surface area contributed by atoms with E-state index in [-0.39, 0.29) is 11.8 Å². The molecule has 1 unspecified atom stereocenters. The van der Waals surface area contributed by atoms with Gasteiger partial charge < -0.3 is 15.2 Å². The molecule has 1 amide bonds. The Labute approximate surface area is 118 Å². The van der Waals surface area contributed by atoms with E-state index < -0.39 is 0 Å². The molecule has 0 fully saturated rings. The first-order chi connectivity index (χ1) is 9.84. The number of nitrogens with one attached hydrogen (secondary N) is 2. The van der Waals surface area contributed by atoms with E-state index in [0.717, 1.165) is 18.7 Å². The van der Waals surface area contributed by atoms with E-state index in [1.165, 1.54) is 5.56 Å². The van der Waals surface area contributed by atoms with Crippen LogP contribution in [0, 0.1) is 0 Å². The fraction of sp³-hybridized carbons (Fsp3) is 0.333. The molecule has 104 valence electrons. The average molecular weight is 270 g/mol. The molecule has 2 aromatic rings. The highest BCUT2D eigenvalue weighted by Gasteiger charge is 2.25. The van der Waals surface area contributed by atoms with Gasteiger partial charge in [-0.15, -0.1) is 0 Å². The summed E-state index contributed by atoms with van der Waals surface area (Å²) in [5.74, 6) is -0.00694. The first-order valence-electron chi connectivity index (χ1n) is 6.86. The maximum atomic E-state index is 12.3. The fourth-order valence-corrected chi connectivity index (χ4v) is 2.58. The van der Waals surface area contributed by atoms with E-state index in [0.29, 0.717) is 13.1 Å². The summed E-state index contributed by atoms with van der Waals surface area (Å²) in [5.41, 5.74) is 2.36. The second-order valence-corrected chi connectivity index (χ2v) is 4.97. The van der Waals surface area contributed by atoms with Gasteiger partial charge in [0.1, 0.15) is 0 Å². The Bertz CT molecular complexity index is 579. The highest BCUT2D eigenvalue weighted by molar-refractivity contribution is 5.84. The van der Waals surface area contributed by atoms with Gasteiger partial charge in [-0.05, 0) is 11.1 Å². The summed E-state index contributed by atoms with van der Waals surface area (Å²) in [6.45, 7) is 2.91. The largest absolute Gasteiger partial charge is 0.354 e. The number of rotatable bonds is 4. The summed E-state index contributed by atoms with van der Waals surface area (Å²) < 4.78 is 1.95. The van der Waals surface area contributed by atoms with Gasteiger partial charge in [0.25, 0.3) is 0 Å². The molecule has 3 rings (SSSR count). The molecule has 0 saturated carbocycles. The van der Waals surface area contributed by atoms with Crippen LogP contribution in [0.1, 0.15) is 17.0 Å². The molecule has 20 heavy (non-hydrogen) atoms. The Morgan fingerprint density at radius 2 is 2.35 bits per heavy atom. The summed E-state index contributed by atoms with van der Waals surface area (Å²) in [5, 5.41) is 6.30. The molecule has 1 aliphatic heterocycles. The number of carbonyl (C=O) groups is 1. The summed E-state index contributed by atoms with van der Waals surface area (Å²) in [4.78, 5) is 16.3. The maximum absolute atomic E-state index is 12.3. The van der Waals surface area contributed by atoms with E-state index in [4.69, 9.17) is 0 Å². The quantitative estimate of drug-likeness (QED) is 0.867. The van der Waals surface area contributed by atoms with Crippen LogP contribution < -0.4 is 10.6 Å². The first-order valence-corrected chi connectivity index (χ1v) is 6.86. The SMILES string of the molecule is O=C(NCCn1ccnc1)C1CNCc2ccccc21. The zero-order chi connectivity index (χ0) is 13.8. The Kier molecular flexibility index (Phi) is 3.78. The third-order valence-corrected chi connectivity index (χ3v) is 3.64. The fourth-order valence-electron chi connectivity index (χ4n) is 2.58. The molecule has 5 nitrogen and oxygen atoms in total. The lowest BCUT2D eigenvalue weighted by Gasteiger charge is -2.25. The van der Waals surface area contributed by atoms with Crippen LogP contribution >= 0.6 is 0 Å². The standard InChI is InChI=1S/C15H18N4O/c20-15(18-6-8-19-7-5-16-11-19)14-10-17-9-12-3-1-2-4-13(12)14/h1-5,7,11,14,17H,6,8-10H2,(H,18,20). The number of carbonyl (C=O) groups excluding carboxylic acids is 1. The zero-order valence-electron chi connectivity index (χ0n) is 11.2. The van der Waals surface area contributed by atoms with Gasteiger partial charge in [-0.1, -0.05) is 24.3 Å². The molecular weight excluding hydrogens is 252 g/mol. The van der Waals surface area contributed by atoms with Gasteiger partial charge in [0.05, 0.1) is 12.2 Å². The Balaban J connectivity index is 1.60. The molecule has 0 aliphatic carbocycles. The highest BCUT2D eigenvalue weighted by atomic mass is 16.1. The zero-order valence-corrected chi connectivity index (χ0v) is 11.2. The van der Waals surface area contributed by atoms with Crippen molar-refractivity contribution in [2.45, 2.75) is 19.0 Å². The summed E-state index contributed by atoms with van der Waals surface area (Å²) in [7, 11) is 0. The van der Waals surface area contributed by atoms with Crippen LogP contribution in [0.5, 0.6) is 0 Å². The monoisotopic (exact) mass is 270 g/mol. The molecular formula is C15H18N4O. The second-order valence-electron chi connectivity index (χ2n) is 4.97. The lowest BCUT2D eigenvalue weighted by atomic mass is 9.90. The van der Waals surface area contributed by atoms with Crippen LogP contribution in [0.15, 0.2) is 43.0 Å². The van der Waals surface area contributed by atoms with Crippen molar-refractivity contribution in [3.05, 3.63) is 54.1 Å². The molecule has 1 aromatic heterocycles. The van der Waals surface area contributed by atoms with E-state index in [2.05, 4.69) is 27.8 Å². The van der Waals surface area contributed by atoms with Crippen LogP contribution in [0.2, 0.25) is 0 Å². The van der Waals surface area contributed by atoms with Crippen molar-refractivity contribution in [3.63, 3.8) is 0 Å². The number of fused-ring (bicyclic) bond motifs is 1. The first kappa shape index (κ1) is 12.9.